The van der Waals surface area contributed by atoms with Gasteiger partial charge in [0.2, 0.25) is 0 Å². The third-order valence-electron chi connectivity index (χ3n) is 5.33. The van der Waals surface area contributed by atoms with E-state index in [4.69, 9.17) is 14.7 Å². The summed E-state index contributed by atoms with van der Waals surface area (Å²) in [5.74, 6) is 1.41. The second-order valence-electron chi connectivity index (χ2n) is 7.43. The van der Waals surface area contributed by atoms with E-state index in [2.05, 4.69) is 12.1 Å². The van der Waals surface area contributed by atoms with Crippen LogP contribution < -0.4 is 10.3 Å². The molecule has 0 bridgehead atoms. The van der Waals surface area contributed by atoms with Crippen molar-refractivity contribution in [2.45, 2.75) is 17.5 Å². The Labute approximate surface area is 189 Å². The second kappa shape index (κ2) is 8.85. The van der Waals surface area contributed by atoms with Crippen LogP contribution in [0.2, 0.25) is 0 Å². The summed E-state index contributed by atoms with van der Waals surface area (Å²) < 4.78 is 7.00. The maximum Gasteiger partial charge on any atom is 0.262 e. The van der Waals surface area contributed by atoms with E-state index in [1.807, 2.05) is 72.8 Å². The topological polar surface area (TPSA) is 57.0 Å². The third kappa shape index (κ3) is 4.09. The summed E-state index contributed by atoms with van der Waals surface area (Å²) >= 11 is 1.53. The SMILES string of the molecule is COc1ccc(Cn2c(SCc3ccc4ccccc4n3)nc3ccccc3c2=O)cc1. The lowest BCUT2D eigenvalue weighted by Crippen LogP contribution is -2.24. The zero-order valence-corrected chi connectivity index (χ0v) is 18.4. The van der Waals surface area contributed by atoms with Crippen LogP contribution in [0.25, 0.3) is 21.8 Å². The van der Waals surface area contributed by atoms with Crippen LogP contribution in [-0.4, -0.2) is 21.6 Å². The van der Waals surface area contributed by atoms with Gasteiger partial charge in [0.15, 0.2) is 5.16 Å². The molecule has 2 aromatic heterocycles. The Hall–Kier alpha value is -3.64. The van der Waals surface area contributed by atoms with Gasteiger partial charge in [0.1, 0.15) is 5.75 Å². The van der Waals surface area contributed by atoms with Crippen LogP contribution in [-0.2, 0) is 12.3 Å². The lowest BCUT2D eigenvalue weighted by Gasteiger charge is -2.13. The molecular weight excluding hydrogens is 418 g/mol. The van der Waals surface area contributed by atoms with Crippen molar-refractivity contribution in [1.29, 1.82) is 0 Å². The summed E-state index contributed by atoms with van der Waals surface area (Å²) in [6, 6.07) is 27.4. The number of ether oxygens (including phenoxy) is 1. The predicted molar refractivity (Wildman–Crippen MR) is 129 cm³/mol. The molecule has 2 heterocycles. The molecule has 0 saturated carbocycles. The molecule has 0 N–H and O–H groups in total. The summed E-state index contributed by atoms with van der Waals surface area (Å²) in [4.78, 5) is 22.9. The Bertz CT molecular complexity index is 1460. The number of pyridine rings is 1. The molecule has 0 atom stereocenters. The lowest BCUT2D eigenvalue weighted by molar-refractivity contribution is 0.414. The Morgan fingerprint density at radius 2 is 1.59 bits per heavy atom. The number of methoxy groups -OCH3 is 1. The number of thioether (sulfide) groups is 1. The van der Waals surface area contributed by atoms with Gasteiger partial charge in [-0.2, -0.15) is 0 Å². The molecule has 0 spiro atoms. The molecule has 158 valence electrons. The minimum Gasteiger partial charge on any atom is -0.497 e. The first-order valence-corrected chi connectivity index (χ1v) is 11.3. The highest BCUT2D eigenvalue weighted by atomic mass is 32.2. The largest absolute Gasteiger partial charge is 0.497 e. The minimum absolute atomic E-state index is 0.0413. The second-order valence-corrected chi connectivity index (χ2v) is 8.38. The molecule has 0 radical (unpaired) electrons. The van der Waals surface area contributed by atoms with E-state index >= 15 is 0 Å². The molecule has 5 rings (SSSR count). The van der Waals surface area contributed by atoms with Crippen molar-refractivity contribution in [1.82, 2.24) is 14.5 Å². The predicted octanol–water partition coefficient (Wildman–Crippen LogP) is 5.29. The molecule has 32 heavy (non-hydrogen) atoms. The molecule has 0 fully saturated rings. The maximum absolute atomic E-state index is 13.3. The van der Waals surface area contributed by atoms with Crippen LogP contribution in [0.1, 0.15) is 11.3 Å². The van der Waals surface area contributed by atoms with Gasteiger partial charge < -0.3 is 4.74 Å². The van der Waals surface area contributed by atoms with Gasteiger partial charge in [0.25, 0.3) is 5.56 Å². The van der Waals surface area contributed by atoms with Gasteiger partial charge in [0.05, 0.1) is 35.8 Å². The number of benzene rings is 3. The first kappa shape index (κ1) is 20.3. The van der Waals surface area contributed by atoms with Gasteiger partial charge in [-0.3, -0.25) is 14.3 Å². The summed E-state index contributed by atoms with van der Waals surface area (Å²) in [6.07, 6.45) is 0. The number of aromatic nitrogens is 3. The Kier molecular flexibility index (Phi) is 5.60. The highest BCUT2D eigenvalue weighted by Gasteiger charge is 2.13. The number of rotatable bonds is 6. The highest BCUT2D eigenvalue weighted by Crippen LogP contribution is 2.24. The number of para-hydroxylation sites is 2. The molecule has 0 saturated heterocycles. The fourth-order valence-corrected chi connectivity index (χ4v) is 4.54. The number of hydrogen-bond donors (Lipinski definition) is 0. The minimum atomic E-state index is -0.0413. The smallest absolute Gasteiger partial charge is 0.262 e. The molecule has 0 amide bonds. The fraction of sp³-hybridized carbons (Fsp3) is 0.115. The number of hydrogen-bond acceptors (Lipinski definition) is 5. The van der Waals surface area contributed by atoms with E-state index in [9.17, 15) is 4.79 Å². The Morgan fingerprint density at radius 1 is 0.844 bits per heavy atom. The summed E-state index contributed by atoms with van der Waals surface area (Å²) in [7, 11) is 1.64. The van der Waals surface area contributed by atoms with Crippen LogP contribution in [0, 0.1) is 0 Å². The van der Waals surface area contributed by atoms with Crippen molar-refractivity contribution in [2.75, 3.05) is 7.11 Å². The summed E-state index contributed by atoms with van der Waals surface area (Å²) in [5.41, 5.74) is 3.59. The normalized spacial score (nSPS) is 11.2. The first-order valence-electron chi connectivity index (χ1n) is 10.3. The van der Waals surface area contributed by atoms with Crippen LogP contribution in [0.4, 0.5) is 0 Å². The standard InChI is InChI=1S/C26H21N3O2S/c1-31-21-14-10-18(11-15-21)16-29-25(30)22-7-3-5-9-24(22)28-26(29)32-17-20-13-12-19-6-2-4-8-23(19)27-20/h2-15H,16-17H2,1H3. The number of fused-ring (bicyclic) bond motifs is 2. The van der Waals surface area contributed by atoms with Crippen LogP contribution >= 0.6 is 11.8 Å². The van der Waals surface area contributed by atoms with Crippen LogP contribution in [0.3, 0.4) is 0 Å². The van der Waals surface area contributed by atoms with Crippen molar-refractivity contribution >= 4 is 33.6 Å². The van der Waals surface area contributed by atoms with Gasteiger partial charge in [-0.15, -0.1) is 0 Å². The van der Waals surface area contributed by atoms with Crippen molar-refractivity contribution in [3.05, 3.63) is 107 Å². The van der Waals surface area contributed by atoms with Crippen LogP contribution in [0.5, 0.6) is 5.75 Å². The number of nitrogens with zero attached hydrogens (tertiary/aromatic N) is 3. The van der Waals surface area contributed by atoms with Crippen molar-refractivity contribution in [2.24, 2.45) is 0 Å². The van der Waals surface area contributed by atoms with E-state index in [0.717, 1.165) is 27.9 Å². The van der Waals surface area contributed by atoms with Crippen molar-refractivity contribution < 1.29 is 4.74 Å². The molecule has 5 aromatic rings. The molecule has 0 unspecified atom stereocenters. The average molecular weight is 440 g/mol. The summed E-state index contributed by atoms with van der Waals surface area (Å²) in [5, 5.41) is 2.41. The average Bonchev–Trinajstić information content (AvgIpc) is 2.85. The van der Waals surface area contributed by atoms with E-state index in [0.29, 0.717) is 28.4 Å². The fourth-order valence-electron chi connectivity index (χ4n) is 3.64. The molecule has 0 aliphatic heterocycles. The molecule has 3 aromatic carbocycles. The quantitative estimate of drug-likeness (QED) is 0.266. The van der Waals surface area contributed by atoms with Gasteiger partial charge in [-0.25, -0.2) is 4.98 Å². The molecule has 0 aliphatic rings. The summed E-state index contributed by atoms with van der Waals surface area (Å²) in [6.45, 7) is 0.439. The van der Waals surface area contributed by atoms with E-state index < -0.39 is 0 Å². The molecule has 0 aliphatic carbocycles. The first-order chi connectivity index (χ1) is 15.7. The van der Waals surface area contributed by atoms with E-state index in [1.54, 1.807) is 11.7 Å². The molecule has 6 heteroatoms. The van der Waals surface area contributed by atoms with Gasteiger partial charge in [-0.05, 0) is 42.0 Å². The monoisotopic (exact) mass is 439 g/mol. The van der Waals surface area contributed by atoms with Gasteiger partial charge in [0, 0.05) is 11.1 Å². The zero-order valence-electron chi connectivity index (χ0n) is 17.6. The zero-order chi connectivity index (χ0) is 21.9. The maximum atomic E-state index is 13.3. The Balaban J connectivity index is 1.50. The van der Waals surface area contributed by atoms with Gasteiger partial charge >= 0.3 is 0 Å². The van der Waals surface area contributed by atoms with Crippen LogP contribution in [0.15, 0.2) is 94.9 Å². The van der Waals surface area contributed by atoms with Crippen molar-refractivity contribution in [3.8, 4) is 5.75 Å². The molecule has 5 nitrogen and oxygen atoms in total. The lowest BCUT2D eigenvalue weighted by atomic mass is 10.2. The third-order valence-corrected chi connectivity index (χ3v) is 6.34. The molecular formula is C26H21N3O2S. The van der Waals surface area contributed by atoms with E-state index in [1.165, 1.54) is 11.8 Å². The highest BCUT2D eigenvalue weighted by molar-refractivity contribution is 7.98. The van der Waals surface area contributed by atoms with E-state index in [-0.39, 0.29) is 5.56 Å². The van der Waals surface area contributed by atoms with Crippen molar-refractivity contribution in [3.63, 3.8) is 0 Å². The van der Waals surface area contributed by atoms with Gasteiger partial charge in [-0.1, -0.05) is 60.3 Å². The Morgan fingerprint density at radius 3 is 2.41 bits per heavy atom.